The maximum absolute atomic E-state index is 13.0. The van der Waals surface area contributed by atoms with E-state index >= 15 is 0 Å². The van der Waals surface area contributed by atoms with Gasteiger partial charge in [-0.3, -0.25) is 0 Å². The number of aromatic nitrogens is 2. The van der Waals surface area contributed by atoms with Crippen LogP contribution in [-0.4, -0.2) is 17.1 Å². The summed E-state index contributed by atoms with van der Waals surface area (Å²) < 4.78 is 18.3. The number of nitrogens with zero attached hydrogens (tertiary/aromatic N) is 2. The number of fused-ring (bicyclic) bond motifs is 1. The maximum Gasteiger partial charge on any atom is 0.145 e. The normalized spacial score (nSPS) is 10.6. The molecule has 0 unspecified atom stereocenters. The molecule has 0 amide bonds. The quantitative estimate of drug-likeness (QED) is 0.702. The van der Waals surface area contributed by atoms with E-state index in [0.717, 1.165) is 22.0 Å². The molecule has 2 aromatic carbocycles. The van der Waals surface area contributed by atoms with Crippen LogP contribution in [0.3, 0.4) is 0 Å². The molecule has 1 heterocycles. The van der Waals surface area contributed by atoms with Crippen molar-refractivity contribution >= 4 is 10.9 Å². The van der Waals surface area contributed by atoms with Gasteiger partial charge >= 0.3 is 0 Å². The number of rotatable bonds is 2. The predicted molar refractivity (Wildman–Crippen MR) is 71.5 cm³/mol. The lowest BCUT2D eigenvalue weighted by Crippen LogP contribution is -1.90. The first-order valence-corrected chi connectivity index (χ1v) is 5.81. The highest BCUT2D eigenvalue weighted by Crippen LogP contribution is 2.30. The van der Waals surface area contributed by atoms with Gasteiger partial charge in [-0.25, -0.2) is 14.4 Å². The highest BCUT2D eigenvalue weighted by molar-refractivity contribution is 5.89. The van der Waals surface area contributed by atoms with Gasteiger partial charge in [-0.15, -0.1) is 0 Å². The van der Waals surface area contributed by atoms with E-state index in [2.05, 4.69) is 9.97 Å². The molecule has 0 fully saturated rings. The van der Waals surface area contributed by atoms with Crippen molar-refractivity contribution in [2.75, 3.05) is 7.11 Å². The molecule has 0 aliphatic heterocycles. The Bertz CT molecular complexity index is 726. The van der Waals surface area contributed by atoms with Gasteiger partial charge in [-0.2, -0.15) is 0 Å². The van der Waals surface area contributed by atoms with Crippen molar-refractivity contribution < 1.29 is 9.13 Å². The summed E-state index contributed by atoms with van der Waals surface area (Å²) in [5, 5.41) is 0.890. The third kappa shape index (κ3) is 2.12. The first-order valence-electron chi connectivity index (χ1n) is 5.81. The lowest BCUT2D eigenvalue weighted by molar-refractivity contribution is 0.419. The van der Waals surface area contributed by atoms with E-state index < -0.39 is 0 Å². The molecule has 0 bridgehead atoms. The minimum atomic E-state index is -0.250. The van der Waals surface area contributed by atoms with E-state index in [0.29, 0.717) is 5.75 Å². The monoisotopic (exact) mass is 254 g/mol. The molecule has 3 rings (SSSR count). The van der Waals surface area contributed by atoms with E-state index in [1.807, 2.05) is 12.1 Å². The Balaban J connectivity index is 2.22. The minimum absolute atomic E-state index is 0.250. The van der Waals surface area contributed by atoms with E-state index in [9.17, 15) is 4.39 Å². The van der Waals surface area contributed by atoms with Crippen molar-refractivity contribution in [2.45, 2.75) is 0 Å². The lowest BCUT2D eigenvalue weighted by atomic mass is 10.0. The molecule has 0 saturated heterocycles. The van der Waals surface area contributed by atoms with E-state index in [1.54, 1.807) is 25.4 Å². The zero-order chi connectivity index (χ0) is 13.2. The van der Waals surface area contributed by atoms with Crippen LogP contribution >= 0.6 is 0 Å². The second-order valence-corrected chi connectivity index (χ2v) is 4.15. The Kier molecular flexibility index (Phi) is 2.83. The predicted octanol–water partition coefficient (Wildman–Crippen LogP) is 3.44. The van der Waals surface area contributed by atoms with Gasteiger partial charge in [0.1, 0.15) is 23.4 Å². The third-order valence-electron chi connectivity index (χ3n) is 2.97. The van der Waals surface area contributed by atoms with Crippen LogP contribution in [-0.2, 0) is 0 Å². The second-order valence-electron chi connectivity index (χ2n) is 4.15. The Morgan fingerprint density at radius 3 is 2.58 bits per heavy atom. The molecule has 0 saturated carbocycles. The van der Waals surface area contributed by atoms with Gasteiger partial charge in [-0.1, -0.05) is 12.1 Å². The minimum Gasteiger partial charge on any atom is -0.494 e. The van der Waals surface area contributed by atoms with Gasteiger partial charge in [0, 0.05) is 11.6 Å². The van der Waals surface area contributed by atoms with Gasteiger partial charge in [-0.05, 0) is 35.4 Å². The summed E-state index contributed by atoms with van der Waals surface area (Å²) in [7, 11) is 1.60. The Hall–Kier alpha value is -2.49. The highest BCUT2D eigenvalue weighted by atomic mass is 19.1. The fourth-order valence-electron chi connectivity index (χ4n) is 2.04. The highest BCUT2D eigenvalue weighted by Gasteiger charge is 2.07. The number of hydrogen-bond donors (Lipinski definition) is 0. The fraction of sp³-hybridized carbons (Fsp3) is 0.0667. The molecule has 0 radical (unpaired) electrons. The fourth-order valence-corrected chi connectivity index (χ4v) is 2.04. The number of hydrogen-bond acceptors (Lipinski definition) is 3. The largest absolute Gasteiger partial charge is 0.494 e. The topological polar surface area (TPSA) is 35.0 Å². The van der Waals surface area contributed by atoms with Gasteiger partial charge in [0.05, 0.1) is 7.11 Å². The summed E-state index contributed by atoms with van der Waals surface area (Å²) >= 11 is 0. The van der Waals surface area contributed by atoms with Crippen molar-refractivity contribution in [3.05, 3.63) is 54.7 Å². The van der Waals surface area contributed by atoms with Crippen LogP contribution in [0.25, 0.3) is 22.0 Å². The van der Waals surface area contributed by atoms with Crippen LogP contribution in [0.15, 0.2) is 48.9 Å². The smallest absolute Gasteiger partial charge is 0.145 e. The standard InChI is InChI=1S/C15H11FN2O/c1-19-14-7-11(10-2-4-13(16)5-3-10)6-12-8-17-9-18-15(12)14/h2-9H,1H3. The first-order chi connectivity index (χ1) is 9.28. The SMILES string of the molecule is COc1cc(-c2ccc(F)cc2)cc2cncnc12. The molecule has 94 valence electrons. The summed E-state index contributed by atoms with van der Waals surface area (Å²) in [6.45, 7) is 0. The van der Waals surface area contributed by atoms with Crippen molar-refractivity contribution in [1.29, 1.82) is 0 Å². The molecule has 3 nitrogen and oxygen atoms in total. The van der Waals surface area contributed by atoms with Crippen LogP contribution in [0, 0.1) is 5.82 Å². The van der Waals surface area contributed by atoms with Crippen molar-refractivity contribution in [1.82, 2.24) is 9.97 Å². The lowest BCUT2D eigenvalue weighted by Gasteiger charge is -2.08. The zero-order valence-electron chi connectivity index (χ0n) is 10.3. The molecule has 0 spiro atoms. The van der Waals surface area contributed by atoms with Crippen LogP contribution < -0.4 is 4.74 Å². The molecular formula is C15H11FN2O. The number of halogens is 1. The van der Waals surface area contributed by atoms with E-state index in [4.69, 9.17) is 4.74 Å². The molecule has 19 heavy (non-hydrogen) atoms. The van der Waals surface area contributed by atoms with Gasteiger partial charge in [0.25, 0.3) is 0 Å². The molecule has 0 aliphatic rings. The van der Waals surface area contributed by atoms with Crippen LogP contribution in [0.4, 0.5) is 4.39 Å². The van der Waals surface area contributed by atoms with Crippen molar-refractivity contribution in [2.24, 2.45) is 0 Å². The molecular weight excluding hydrogens is 243 g/mol. The molecule has 0 N–H and O–H groups in total. The third-order valence-corrected chi connectivity index (χ3v) is 2.97. The Morgan fingerprint density at radius 1 is 1.05 bits per heavy atom. The second kappa shape index (κ2) is 4.65. The summed E-state index contributed by atoms with van der Waals surface area (Å²) in [4.78, 5) is 8.22. The average molecular weight is 254 g/mol. The molecule has 1 aromatic heterocycles. The van der Waals surface area contributed by atoms with Crippen molar-refractivity contribution in [3.63, 3.8) is 0 Å². The van der Waals surface area contributed by atoms with Crippen LogP contribution in [0.2, 0.25) is 0 Å². The number of benzene rings is 2. The zero-order valence-corrected chi connectivity index (χ0v) is 10.3. The maximum atomic E-state index is 13.0. The van der Waals surface area contributed by atoms with Gasteiger partial charge in [0.15, 0.2) is 0 Å². The molecule has 0 aliphatic carbocycles. The van der Waals surface area contributed by atoms with E-state index in [-0.39, 0.29) is 5.82 Å². The summed E-state index contributed by atoms with van der Waals surface area (Å²) in [6, 6.07) is 10.2. The number of ether oxygens (including phenoxy) is 1. The Labute approximate surface area is 109 Å². The molecule has 0 atom stereocenters. The Morgan fingerprint density at radius 2 is 1.84 bits per heavy atom. The summed E-state index contributed by atoms with van der Waals surface area (Å²) in [6.07, 6.45) is 3.22. The van der Waals surface area contributed by atoms with Gasteiger partial charge in [0.2, 0.25) is 0 Å². The van der Waals surface area contributed by atoms with Crippen molar-refractivity contribution in [3.8, 4) is 16.9 Å². The first kappa shape index (κ1) is 11.6. The van der Waals surface area contributed by atoms with Crippen LogP contribution in [0.1, 0.15) is 0 Å². The summed E-state index contributed by atoms with van der Waals surface area (Å²) in [5.74, 6) is 0.430. The van der Waals surface area contributed by atoms with Gasteiger partial charge < -0.3 is 4.74 Å². The van der Waals surface area contributed by atoms with E-state index in [1.165, 1.54) is 18.5 Å². The summed E-state index contributed by atoms with van der Waals surface area (Å²) in [5.41, 5.74) is 2.63. The molecule has 4 heteroatoms. The number of methoxy groups -OCH3 is 1. The molecule has 3 aromatic rings. The van der Waals surface area contributed by atoms with Crippen LogP contribution in [0.5, 0.6) is 5.75 Å². The average Bonchev–Trinajstić information content (AvgIpc) is 2.47.